The second-order valence-corrected chi connectivity index (χ2v) is 9.54. The lowest BCUT2D eigenvalue weighted by molar-refractivity contribution is 0.0261. The molecule has 1 heterocycles. The van der Waals surface area contributed by atoms with Gasteiger partial charge >= 0.3 is 6.09 Å². The molecular formula is C18H25NO5S. The maximum absolute atomic E-state index is 12.2. The van der Waals surface area contributed by atoms with Crippen molar-refractivity contribution in [3.8, 4) is 0 Å². The topological polar surface area (TPSA) is 72.9 Å². The van der Waals surface area contributed by atoms with E-state index in [0.717, 1.165) is 5.56 Å². The lowest BCUT2D eigenvalue weighted by Gasteiger charge is -2.25. The molecule has 0 bridgehead atoms. The fourth-order valence-electron chi connectivity index (χ4n) is 3.31. The van der Waals surface area contributed by atoms with Crippen LogP contribution in [0.25, 0.3) is 0 Å². The predicted molar refractivity (Wildman–Crippen MR) is 92.6 cm³/mol. The molecular weight excluding hydrogens is 342 g/mol. The summed E-state index contributed by atoms with van der Waals surface area (Å²) in [5.41, 5.74) is 0.493. The first-order valence-electron chi connectivity index (χ1n) is 8.51. The zero-order chi connectivity index (χ0) is 18.4. The highest BCUT2D eigenvalue weighted by Crippen LogP contribution is 2.52. The molecule has 1 amide bonds. The molecule has 2 aliphatic rings. The van der Waals surface area contributed by atoms with Gasteiger partial charge in [0.2, 0.25) is 0 Å². The van der Waals surface area contributed by atoms with E-state index in [1.54, 1.807) is 29.2 Å². The number of rotatable bonds is 4. The Hall–Kier alpha value is -1.60. The van der Waals surface area contributed by atoms with Crippen molar-refractivity contribution in [3.05, 3.63) is 29.8 Å². The summed E-state index contributed by atoms with van der Waals surface area (Å²) in [6.45, 7) is 8.82. The summed E-state index contributed by atoms with van der Waals surface area (Å²) in [7, 11) is -3.72. The summed E-state index contributed by atoms with van der Waals surface area (Å²) < 4.78 is 35.0. The number of benzene rings is 1. The number of ether oxygens (including phenoxy) is 1. The molecule has 138 valence electrons. The van der Waals surface area contributed by atoms with Crippen molar-refractivity contribution in [3.63, 3.8) is 0 Å². The molecule has 3 rings (SSSR count). The third-order valence-corrected chi connectivity index (χ3v) is 6.04. The maximum atomic E-state index is 12.2. The molecule has 3 atom stereocenters. The molecule has 0 N–H and O–H groups in total. The first-order valence-corrected chi connectivity index (χ1v) is 9.92. The molecule has 0 aromatic heterocycles. The number of amides is 1. The molecule has 1 aromatic carbocycles. The number of piperidine rings is 1. The van der Waals surface area contributed by atoms with Crippen LogP contribution in [0.3, 0.4) is 0 Å². The van der Waals surface area contributed by atoms with Crippen molar-refractivity contribution >= 4 is 16.2 Å². The van der Waals surface area contributed by atoms with Crippen molar-refractivity contribution in [2.24, 2.45) is 17.8 Å². The van der Waals surface area contributed by atoms with Gasteiger partial charge in [-0.1, -0.05) is 17.7 Å². The Balaban J connectivity index is 1.49. The van der Waals surface area contributed by atoms with Crippen LogP contribution in [0.15, 0.2) is 29.2 Å². The second-order valence-electron chi connectivity index (χ2n) is 7.93. The number of carbonyl (C=O) groups excluding carboxylic acids is 1. The highest BCUT2D eigenvalue weighted by molar-refractivity contribution is 7.86. The zero-order valence-corrected chi connectivity index (χ0v) is 15.9. The summed E-state index contributed by atoms with van der Waals surface area (Å²) in [6.07, 6.45) is -0.299. The van der Waals surface area contributed by atoms with Crippen LogP contribution in [-0.4, -0.2) is 44.7 Å². The van der Waals surface area contributed by atoms with Crippen LogP contribution in [0.5, 0.6) is 0 Å². The predicted octanol–water partition coefficient (Wildman–Crippen LogP) is 2.81. The van der Waals surface area contributed by atoms with Gasteiger partial charge in [-0.05, 0) is 57.6 Å². The lowest BCUT2D eigenvalue weighted by Crippen LogP contribution is -2.37. The Kier molecular flexibility index (Phi) is 4.58. The minimum absolute atomic E-state index is 0.174. The van der Waals surface area contributed by atoms with E-state index in [1.807, 2.05) is 27.7 Å². The summed E-state index contributed by atoms with van der Waals surface area (Å²) in [5, 5.41) is 0. The zero-order valence-electron chi connectivity index (χ0n) is 15.1. The molecule has 1 saturated heterocycles. The van der Waals surface area contributed by atoms with Crippen LogP contribution in [-0.2, 0) is 19.0 Å². The number of hydrogen-bond acceptors (Lipinski definition) is 5. The lowest BCUT2D eigenvalue weighted by atomic mass is 10.2. The number of likely N-dealkylation sites (tertiary alicyclic amines) is 1. The number of carbonyl (C=O) groups is 1. The Morgan fingerprint density at radius 3 is 2.24 bits per heavy atom. The molecule has 0 radical (unpaired) electrons. The van der Waals surface area contributed by atoms with Crippen LogP contribution < -0.4 is 0 Å². The highest BCUT2D eigenvalue weighted by Gasteiger charge is 2.57. The standard InChI is InChI=1S/C18H25NO5S/c1-12-5-7-13(8-6-12)25(21,22)23-11-16-14-9-19(10-15(14)16)17(20)24-18(2,3)4/h5-8,14-16H,9-11H2,1-4H3/t14-,15+,16?. The summed E-state index contributed by atoms with van der Waals surface area (Å²) in [5.74, 6) is 0.806. The molecule has 25 heavy (non-hydrogen) atoms. The van der Waals surface area contributed by atoms with Crippen molar-refractivity contribution in [1.82, 2.24) is 4.90 Å². The van der Waals surface area contributed by atoms with Gasteiger partial charge in [0.25, 0.3) is 10.1 Å². The third-order valence-electron chi connectivity index (χ3n) is 4.75. The van der Waals surface area contributed by atoms with E-state index in [2.05, 4.69) is 0 Å². The van der Waals surface area contributed by atoms with E-state index in [0.29, 0.717) is 24.9 Å². The monoisotopic (exact) mass is 367 g/mol. The van der Waals surface area contributed by atoms with Gasteiger partial charge in [0.1, 0.15) is 5.60 Å². The van der Waals surface area contributed by atoms with E-state index < -0.39 is 15.7 Å². The third kappa shape index (κ3) is 4.15. The van der Waals surface area contributed by atoms with Crippen LogP contribution >= 0.6 is 0 Å². The van der Waals surface area contributed by atoms with Gasteiger partial charge in [-0.2, -0.15) is 8.42 Å². The molecule has 7 heteroatoms. The van der Waals surface area contributed by atoms with Gasteiger partial charge in [0.15, 0.2) is 0 Å². The van der Waals surface area contributed by atoms with E-state index in [9.17, 15) is 13.2 Å². The van der Waals surface area contributed by atoms with E-state index in [1.165, 1.54) is 0 Å². The van der Waals surface area contributed by atoms with Gasteiger partial charge in [0, 0.05) is 13.1 Å². The Morgan fingerprint density at radius 1 is 1.16 bits per heavy atom. The molecule has 1 aliphatic heterocycles. The van der Waals surface area contributed by atoms with Crippen molar-refractivity contribution in [2.75, 3.05) is 19.7 Å². The fraction of sp³-hybridized carbons (Fsp3) is 0.611. The highest BCUT2D eigenvalue weighted by atomic mass is 32.2. The van der Waals surface area contributed by atoms with Gasteiger partial charge in [0.05, 0.1) is 11.5 Å². The fourth-order valence-corrected chi connectivity index (χ4v) is 4.26. The largest absolute Gasteiger partial charge is 0.444 e. The Labute approximate surface area is 149 Å². The average Bonchev–Trinajstić information content (AvgIpc) is 2.94. The van der Waals surface area contributed by atoms with E-state index in [4.69, 9.17) is 8.92 Å². The number of nitrogens with zero attached hydrogens (tertiary/aromatic N) is 1. The van der Waals surface area contributed by atoms with Crippen LogP contribution in [0.4, 0.5) is 4.79 Å². The van der Waals surface area contributed by atoms with Gasteiger partial charge in [-0.3, -0.25) is 4.18 Å². The molecule has 0 spiro atoms. The molecule has 1 saturated carbocycles. The minimum atomic E-state index is -3.72. The molecule has 1 aromatic rings. The number of aryl methyl sites for hydroxylation is 1. The minimum Gasteiger partial charge on any atom is -0.444 e. The van der Waals surface area contributed by atoms with E-state index in [-0.39, 0.29) is 23.5 Å². The first kappa shape index (κ1) is 18.2. The summed E-state index contributed by atoms with van der Waals surface area (Å²) in [4.78, 5) is 13.9. The quantitative estimate of drug-likeness (QED) is 0.765. The Bertz CT molecular complexity index is 739. The van der Waals surface area contributed by atoms with Gasteiger partial charge in [-0.25, -0.2) is 4.79 Å². The second kappa shape index (κ2) is 6.29. The van der Waals surface area contributed by atoms with Crippen LogP contribution in [0.1, 0.15) is 26.3 Å². The summed E-state index contributed by atoms with van der Waals surface area (Å²) >= 11 is 0. The van der Waals surface area contributed by atoms with Gasteiger partial charge < -0.3 is 9.64 Å². The Morgan fingerprint density at radius 2 is 1.72 bits per heavy atom. The molecule has 6 nitrogen and oxygen atoms in total. The smallest absolute Gasteiger partial charge is 0.410 e. The van der Waals surface area contributed by atoms with E-state index >= 15 is 0 Å². The van der Waals surface area contributed by atoms with Gasteiger partial charge in [-0.15, -0.1) is 0 Å². The normalized spacial score (nSPS) is 25.6. The van der Waals surface area contributed by atoms with Crippen LogP contribution in [0, 0.1) is 24.7 Å². The first-order chi connectivity index (χ1) is 11.6. The number of hydrogen-bond donors (Lipinski definition) is 0. The van der Waals surface area contributed by atoms with Crippen molar-refractivity contribution < 1.29 is 22.1 Å². The molecule has 1 unspecified atom stereocenters. The summed E-state index contributed by atoms with van der Waals surface area (Å²) in [6, 6.07) is 6.62. The molecule has 1 aliphatic carbocycles. The van der Waals surface area contributed by atoms with Crippen molar-refractivity contribution in [1.29, 1.82) is 0 Å². The van der Waals surface area contributed by atoms with Crippen LogP contribution in [0.2, 0.25) is 0 Å². The molecule has 2 fully saturated rings. The van der Waals surface area contributed by atoms with Crippen molar-refractivity contribution in [2.45, 2.75) is 38.2 Å². The number of fused-ring (bicyclic) bond motifs is 1. The SMILES string of the molecule is Cc1ccc(S(=O)(=O)OCC2[C@H]3CN(C(=O)OC(C)(C)C)C[C@@H]23)cc1. The average molecular weight is 367 g/mol. The maximum Gasteiger partial charge on any atom is 0.410 e.